The van der Waals surface area contributed by atoms with Gasteiger partial charge in [-0.15, -0.1) is 0 Å². The van der Waals surface area contributed by atoms with E-state index in [1.54, 1.807) is 48.5 Å². The number of carbonyl (C=O) groups excluding carboxylic acids is 2. The third-order valence-electron chi connectivity index (χ3n) is 3.88. The summed E-state index contributed by atoms with van der Waals surface area (Å²) in [5, 5.41) is 5.19. The van der Waals surface area contributed by atoms with Gasteiger partial charge in [0.15, 0.2) is 0 Å². The molecule has 0 fully saturated rings. The highest BCUT2D eigenvalue weighted by Gasteiger charge is 2.27. The lowest BCUT2D eigenvalue weighted by molar-refractivity contribution is -0.176. The van der Waals surface area contributed by atoms with Crippen LogP contribution in [-0.2, 0) is 22.7 Å². The van der Waals surface area contributed by atoms with Crippen LogP contribution in [0.1, 0.15) is 28.4 Å². The van der Waals surface area contributed by atoms with Crippen molar-refractivity contribution in [3.05, 3.63) is 65.2 Å². The van der Waals surface area contributed by atoms with Crippen molar-refractivity contribution in [2.45, 2.75) is 26.3 Å². The van der Waals surface area contributed by atoms with Crippen LogP contribution in [0.4, 0.5) is 13.2 Å². The van der Waals surface area contributed by atoms with E-state index >= 15 is 0 Å². The molecule has 0 saturated heterocycles. The van der Waals surface area contributed by atoms with Crippen molar-refractivity contribution >= 4 is 11.8 Å². The maximum atomic E-state index is 12.1. The molecule has 9 heteroatoms. The molecule has 2 amide bonds. The summed E-state index contributed by atoms with van der Waals surface area (Å²) >= 11 is 0. The fraction of sp³-hybridized carbons (Fsp3) is 0.333. The molecule has 0 bridgehead atoms. The predicted molar refractivity (Wildman–Crippen MR) is 104 cm³/mol. The Hall–Kier alpha value is -3.07. The summed E-state index contributed by atoms with van der Waals surface area (Å²) in [7, 11) is 0. The zero-order chi connectivity index (χ0) is 22.0. The minimum Gasteiger partial charge on any atom is -0.494 e. The van der Waals surface area contributed by atoms with E-state index in [-0.39, 0.29) is 31.5 Å². The molecule has 2 aromatic rings. The van der Waals surface area contributed by atoms with E-state index in [9.17, 15) is 22.8 Å². The lowest BCUT2D eigenvalue weighted by Gasteiger charge is -2.09. The number of nitrogens with one attached hydrogen (secondary N) is 2. The largest absolute Gasteiger partial charge is 0.494 e. The summed E-state index contributed by atoms with van der Waals surface area (Å²) in [6.45, 7) is 0.981. The third kappa shape index (κ3) is 8.52. The number of hydrogen-bond donors (Lipinski definition) is 2. The molecule has 0 saturated carbocycles. The van der Waals surface area contributed by atoms with Crippen LogP contribution in [0.15, 0.2) is 48.5 Å². The monoisotopic (exact) mass is 424 g/mol. The molecule has 0 spiro atoms. The topological polar surface area (TPSA) is 76.7 Å². The number of benzene rings is 2. The highest BCUT2D eigenvalue weighted by Crippen LogP contribution is 2.16. The average molecular weight is 424 g/mol. The van der Waals surface area contributed by atoms with Crippen molar-refractivity contribution in [2.75, 3.05) is 19.8 Å². The smallest absolute Gasteiger partial charge is 0.411 e. The van der Waals surface area contributed by atoms with Crippen LogP contribution in [-0.4, -0.2) is 37.7 Å². The minimum atomic E-state index is -4.35. The van der Waals surface area contributed by atoms with Crippen LogP contribution in [0.2, 0.25) is 0 Å². The first-order valence-corrected chi connectivity index (χ1v) is 9.27. The molecule has 6 nitrogen and oxygen atoms in total. The van der Waals surface area contributed by atoms with Crippen molar-refractivity contribution in [1.29, 1.82) is 0 Å². The number of alkyl halides is 3. The van der Waals surface area contributed by atoms with Gasteiger partial charge in [0.2, 0.25) is 5.91 Å². The van der Waals surface area contributed by atoms with Gasteiger partial charge in [0.25, 0.3) is 5.91 Å². The van der Waals surface area contributed by atoms with Gasteiger partial charge < -0.3 is 20.1 Å². The quantitative estimate of drug-likeness (QED) is 0.614. The van der Waals surface area contributed by atoms with Gasteiger partial charge in [0.05, 0.1) is 19.8 Å². The van der Waals surface area contributed by atoms with Gasteiger partial charge in [-0.2, -0.15) is 13.2 Å². The summed E-state index contributed by atoms with van der Waals surface area (Å²) in [5.41, 5.74) is 1.77. The Labute approximate surface area is 172 Å². The highest BCUT2D eigenvalue weighted by atomic mass is 19.4. The van der Waals surface area contributed by atoms with E-state index in [4.69, 9.17) is 4.74 Å². The number of carbonyl (C=O) groups is 2. The van der Waals surface area contributed by atoms with Gasteiger partial charge in [-0.25, -0.2) is 0 Å². The van der Waals surface area contributed by atoms with Gasteiger partial charge in [-0.3, -0.25) is 9.59 Å². The van der Waals surface area contributed by atoms with E-state index in [1.165, 1.54) is 0 Å². The van der Waals surface area contributed by atoms with Crippen LogP contribution in [0.5, 0.6) is 5.75 Å². The zero-order valence-corrected chi connectivity index (χ0v) is 16.4. The van der Waals surface area contributed by atoms with Gasteiger partial charge in [0, 0.05) is 12.1 Å². The van der Waals surface area contributed by atoms with Crippen LogP contribution in [0, 0.1) is 0 Å². The number of amides is 2. The first kappa shape index (κ1) is 23.2. The lowest BCUT2D eigenvalue weighted by atomic mass is 10.1. The van der Waals surface area contributed by atoms with Crippen LogP contribution in [0.25, 0.3) is 0 Å². The van der Waals surface area contributed by atoms with Crippen molar-refractivity contribution in [2.24, 2.45) is 0 Å². The number of rotatable bonds is 10. The predicted octanol–water partition coefficient (Wildman–Crippen LogP) is 3.21. The Morgan fingerprint density at radius 3 is 2.17 bits per heavy atom. The van der Waals surface area contributed by atoms with E-state index in [2.05, 4.69) is 15.4 Å². The van der Waals surface area contributed by atoms with Crippen molar-refractivity contribution in [3.63, 3.8) is 0 Å². The molecule has 2 aromatic carbocycles. The minimum absolute atomic E-state index is 0.149. The molecule has 0 aliphatic heterocycles. The van der Waals surface area contributed by atoms with Crippen LogP contribution < -0.4 is 15.4 Å². The molecule has 2 rings (SSSR count). The van der Waals surface area contributed by atoms with Crippen molar-refractivity contribution in [3.8, 4) is 5.75 Å². The molecule has 162 valence electrons. The first-order chi connectivity index (χ1) is 14.3. The van der Waals surface area contributed by atoms with E-state index in [1.807, 2.05) is 6.92 Å². The van der Waals surface area contributed by atoms with E-state index in [0.29, 0.717) is 23.5 Å². The zero-order valence-electron chi connectivity index (χ0n) is 16.4. The number of hydrogen-bond acceptors (Lipinski definition) is 4. The summed E-state index contributed by atoms with van der Waals surface area (Å²) < 4.78 is 46.1. The second-order valence-corrected chi connectivity index (χ2v) is 6.34. The average Bonchev–Trinajstić information content (AvgIpc) is 2.71. The maximum absolute atomic E-state index is 12.1. The Morgan fingerprint density at radius 1 is 0.933 bits per heavy atom. The van der Waals surface area contributed by atoms with Crippen molar-refractivity contribution in [1.82, 2.24) is 10.6 Å². The molecular weight excluding hydrogens is 401 g/mol. The number of halogens is 3. The van der Waals surface area contributed by atoms with E-state index < -0.39 is 12.8 Å². The second-order valence-electron chi connectivity index (χ2n) is 6.34. The maximum Gasteiger partial charge on any atom is 0.411 e. The van der Waals surface area contributed by atoms with Gasteiger partial charge in [-0.1, -0.05) is 24.3 Å². The van der Waals surface area contributed by atoms with Crippen LogP contribution >= 0.6 is 0 Å². The highest BCUT2D eigenvalue weighted by molar-refractivity contribution is 5.96. The molecule has 0 radical (unpaired) electrons. The Bertz CT molecular complexity index is 822. The SMILES string of the molecule is CCOc1ccc(C(=O)NCC(=O)NCc2ccc(COCC(F)(F)F)cc2)cc1. The number of ether oxygens (including phenoxy) is 2. The molecule has 0 unspecified atom stereocenters. The normalized spacial score (nSPS) is 11.1. The molecule has 0 aromatic heterocycles. The van der Waals surface area contributed by atoms with Crippen molar-refractivity contribution < 1.29 is 32.2 Å². The third-order valence-corrected chi connectivity index (χ3v) is 3.88. The summed E-state index contributed by atoms with van der Waals surface area (Å²) in [6, 6.07) is 13.2. The van der Waals surface area contributed by atoms with Gasteiger partial charge >= 0.3 is 6.18 Å². The summed E-state index contributed by atoms with van der Waals surface area (Å²) in [6.07, 6.45) is -4.35. The Kier molecular flexibility index (Phi) is 8.67. The lowest BCUT2D eigenvalue weighted by Crippen LogP contribution is -2.36. The molecule has 0 aliphatic rings. The second kappa shape index (κ2) is 11.2. The first-order valence-electron chi connectivity index (χ1n) is 9.27. The standard InChI is InChI=1S/C21H23F3N2O4/c1-2-30-18-9-7-17(8-10-18)20(28)26-12-19(27)25-11-15-3-5-16(6-4-15)13-29-14-21(22,23)24/h3-10H,2,11-14H2,1H3,(H,25,27)(H,26,28). The Morgan fingerprint density at radius 2 is 1.57 bits per heavy atom. The van der Waals surface area contributed by atoms with Gasteiger partial charge in [-0.05, 0) is 42.3 Å². The molecule has 30 heavy (non-hydrogen) atoms. The Balaban J connectivity index is 1.70. The summed E-state index contributed by atoms with van der Waals surface area (Å²) in [5.74, 6) is -0.0898. The van der Waals surface area contributed by atoms with Gasteiger partial charge in [0.1, 0.15) is 12.4 Å². The molecule has 0 atom stereocenters. The molecule has 2 N–H and O–H groups in total. The fourth-order valence-corrected chi connectivity index (χ4v) is 2.43. The molecular formula is C21H23F3N2O4. The van der Waals surface area contributed by atoms with E-state index in [0.717, 1.165) is 5.56 Å². The molecule has 0 heterocycles. The summed E-state index contributed by atoms with van der Waals surface area (Å²) in [4.78, 5) is 24.0. The molecule has 0 aliphatic carbocycles. The fourth-order valence-electron chi connectivity index (χ4n) is 2.43. The van der Waals surface area contributed by atoms with Crippen LogP contribution in [0.3, 0.4) is 0 Å².